The predicted octanol–water partition coefficient (Wildman–Crippen LogP) is 0.741. The zero-order chi connectivity index (χ0) is 17.2. The Morgan fingerprint density at radius 3 is 2.92 bits per heavy atom. The second kappa shape index (κ2) is 6.70. The number of nitrogens with zero attached hydrogens (tertiary/aromatic N) is 4. The second-order valence-corrected chi connectivity index (χ2v) is 6.07. The van der Waals surface area contributed by atoms with Gasteiger partial charge in [-0.3, -0.25) is 4.79 Å². The Hall–Kier alpha value is -2.26. The molecule has 9 nitrogen and oxygen atoms in total. The van der Waals surface area contributed by atoms with Crippen LogP contribution in [0, 0.1) is 5.92 Å². The summed E-state index contributed by atoms with van der Waals surface area (Å²) in [6, 6.07) is 0. The number of anilines is 1. The van der Waals surface area contributed by atoms with Gasteiger partial charge in [-0.15, -0.1) is 0 Å². The summed E-state index contributed by atoms with van der Waals surface area (Å²) < 4.78 is 18.4. The first-order chi connectivity index (χ1) is 11.5. The molecule has 0 spiro atoms. The van der Waals surface area contributed by atoms with Gasteiger partial charge in [0.1, 0.15) is 12.1 Å². The van der Waals surface area contributed by atoms with Crippen LogP contribution in [0.15, 0.2) is 12.5 Å². The van der Waals surface area contributed by atoms with E-state index >= 15 is 0 Å². The molecule has 0 atom stereocenters. The maximum atomic E-state index is 10.9. The first kappa shape index (κ1) is 16.6. The number of ether oxygens (including phenoxy) is 3. The number of esters is 1. The van der Waals surface area contributed by atoms with Gasteiger partial charge in [0.15, 0.2) is 11.4 Å². The van der Waals surface area contributed by atoms with Gasteiger partial charge in [-0.05, 0) is 13.3 Å². The first-order valence-electron chi connectivity index (χ1n) is 7.80. The Kier molecular flexibility index (Phi) is 4.63. The van der Waals surface area contributed by atoms with E-state index in [1.807, 2.05) is 4.57 Å². The summed E-state index contributed by atoms with van der Waals surface area (Å²) in [4.78, 5) is 23.3. The number of fused-ring (bicyclic) bond motifs is 1. The number of nitrogen functional groups attached to an aromatic ring is 1. The predicted molar refractivity (Wildman–Crippen MR) is 84.8 cm³/mol. The van der Waals surface area contributed by atoms with Crippen LogP contribution in [-0.2, 0) is 25.5 Å². The number of nitrogens with two attached hydrogens (primary N) is 1. The molecular weight excluding hydrogens is 314 g/mol. The average Bonchev–Trinajstić information content (AvgIpc) is 2.95. The van der Waals surface area contributed by atoms with E-state index in [1.165, 1.54) is 6.92 Å². The molecule has 1 aliphatic rings. The Balaban J connectivity index is 1.53. The quantitative estimate of drug-likeness (QED) is 0.796. The Morgan fingerprint density at radius 2 is 2.21 bits per heavy atom. The standard InChI is InChI=1S/C15H21N5O4/c1-10(21)22-8-15(2)23-6-11(7-24-15)3-4-20-9-18-12-5-17-14(16)19-13(12)20/h5,9,11H,3-4,6-8H2,1-2H3,(H2,16,17,19). The summed E-state index contributed by atoms with van der Waals surface area (Å²) in [5, 5.41) is 0. The van der Waals surface area contributed by atoms with Gasteiger partial charge in [-0.25, -0.2) is 9.97 Å². The van der Waals surface area contributed by atoms with E-state index in [2.05, 4.69) is 15.0 Å². The zero-order valence-corrected chi connectivity index (χ0v) is 13.8. The van der Waals surface area contributed by atoms with Gasteiger partial charge in [0, 0.05) is 19.4 Å². The Bertz CT molecular complexity index is 724. The van der Waals surface area contributed by atoms with E-state index in [1.54, 1.807) is 19.4 Å². The molecule has 0 bridgehead atoms. The Morgan fingerprint density at radius 1 is 1.46 bits per heavy atom. The molecule has 2 aromatic heterocycles. The number of hydrogen-bond donors (Lipinski definition) is 1. The fourth-order valence-corrected chi connectivity index (χ4v) is 2.51. The summed E-state index contributed by atoms with van der Waals surface area (Å²) in [5.74, 6) is -0.744. The third kappa shape index (κ3) is 3.80. The van der Waals surface area contributed by atoms with Gasteiger partial charge in [0.25, 0.3) is 0 Å². The van der Waals surface area contributed by atoms with E-state index in [0.717, 1.165) is 18.6 Å². The molecule has 1 saturated heterocycles. The molecule has 2 aromatic rings. The van der Waals surface area contributed by atoms with Crippen LogP contribution in [0.2, 0.25) is 0 Å². The van der Waals surface area contributed by atoms with Gasteiger partial charge >= 0.3 is 5.97 Å². The van der Waals surface area contributed by atoms with Crippen molar-refractivity contribution in [2.75, 3.05) is 25.6 Å². The molecule has 0 aromatic carbocycles. The SMILES string of the molecule is CC(=O)OCC1(C)OCC(CCn2cnc3cnc(N)nc32)CO1. The van der Waals surface area contributed by atoms with Crippen molar-refractivity contribution in [2.24, 2.45) is 5.92 Å². The lowest BCUT2D eigenvalue weighted by Gasteiger charge is -2.37. The van der Waals surface area contributed by atoms with Gasteiger partial charge in [-0.2, -0.15) is 4.98 Å². The third-order valence-corrected chi connectivity index (χ3v) is 3.94. The molecule has 9 heteroatoms. The van der Waals surface area contributed by atoms with Crippen LogP contribution in [0.3, 0.4) is 0 Å². The molecule has 0 aliphatic carbocycles. The smallest absolute Gasteiger partial charge is 0.302 e. The van der Waals surface area contributed by atoms with Crippen molar-refractivity contribution >= 4 is 23.1 Å². The second-order valence-electron chi connectivity index (χ2n) is 6.07. The minimum Gasteiger partial charge on any atom is -0.460 e. The van der Waals surface area contributed by atoms with Crippen LogP contribution in [0.25, 0.3) is 11.2 Å². The number of aryl methyl sites for hydroxylation is 1. The van der Waals surface area contributed by atoms with E-state index in [9.17, 15) is 4.79 Å². The number of aromatic nitrogens is 4. The topological polar surface area (TPSA) is 114 Å². The molecular formula is C15H21N5O4. The maximum absolute atomic E-state index is 10.9. The highest BCUT2D eigenvalue weighted by molar-refractivity contribution is 5.70. The summed E-state index contributed by atoms with van der Waals surface area (Å²) in [5.41, 5.74) is 7.07. The van der Waals surface area contributed by atoms with Crippen molar-refractivity contribution in [1.82, 2.24) is 19.5 Å². The van der Waals surface area contributed by atoms with E-state index in [-0.39, 0.29) is 24.4 Å². The third-order valence-electron chi connectivity index (χ3n) is 3.94. The van der Waals surface area contributed by atoms with E-state index in [4.69, 9.17) is 19.9 Å². The molecule has 3 rings (SSSR count). The minimum absolute atomic E-state index is 0.0947. The summed E-state index contributed by atoms with van der Waals surface area (Å²) in [6.45, 7) is 5.04. The van der Waals surface area contributed by atoms with Crippen LogP contribution in [0.4, 0.5) is 5.95 Å². The summed E-state index contributed by atoms with van der Waals surface area (Å²) in [6.07, 6.45) is 4.19. The number of carbonyl (C=O) groups excluding carboxylic acids is 1. The van der Waals surface area contributed by atoms with E-state index in [0.29, 0.717) is 18.7 Å². The first-order valence-corrected chi connectivity index (χ1v) is 7.80. The molecule has 130 valence electrons. The monoisotopic (exact) mass is 335 g/mol. The van der Waals surface area contributed by atoms with Gasteiger partial charge in [0.05, 0.1) is 25.7 Å². The highest BCUT2D eigenvalue weighted by Crippen LogP contribution is 2.24. The number of hydrogen-bond acceptors (Lipinski definition) is 8. The minimum atomic E-state index is -0.869. The highest BCUT2D eigenvalue weighted by atomic mass is 16.7. The number of carbonyl (C=O) groups is 1. The summed E-state index contributed by atoms with van der Waals surface area (Å²) >= 11 is 0. The lowest BCUT2D eigenvalue weighted by atomic mass is 10.1. The van der Waals surface area contributed by atoms with Crippen molar-refractivity contribution in [3.05, 3.63) is 12.5 Å². The van der Waals surface area contributed by atoms with Gasteiger partial charge in [-0.1, -0.05) is 0 Å². The molecule has 0 unspecified atom stereocenters. The summed E-state index contributed by atoms with van der Waals surface area (Å²) in [7, 11) is 0. The van der Waals surface area contributed by atoms with E-state index < -0.39 is 5.79 Å². The molecule has 1 fully saturated rings. The lowest BCUT2D eigenvalue weighted by Crippen LogP contribution is -2.45. The van der Waals surface area contributed by atoms with Crippen LogP contribution >= 0.6 is 0 Å². The largest absolute Gasteiger partial charge is 0.460 e. The molecule has 0 radical (unpaired) electrons. The van der Waals surface area contributed by atoms with Gasteiger partial charge < -0.3 is 24.5 Å². The van der Waals surface area contributed by atoms with Gasteiger partial charge in [0.2, 0.25) is 5.95 Å². The molecule has 24 heavy (non-hydrogen) atoms. The van der Waals surface area contributed by atoms with Crippen molar-refractivity contribution in [3.63, 3.8) is 0 Å². The van der Waals surface area contributed by atoms with Crippen molar-refractivity contribution < 1.29 is 19.0 Å². The molecule has 2 N–H and O–H groups in total. The Labute approximate surface area is 139 Å². The molecule has 3 heterocycles. The van der Waals surface area contributed by atoms with Crippen LogP contribution in [0.1, 0.15) is 20.3 Å². The van der Waals surface area contributed by atoms with Crippen LogP contribution in [0.5, 0.6) is 0 Å². The van der Waals surface area contributed by atoms with Crippen molar-refractivity contribution in [3.8, 4) is 0 Å². The number of rotatable bonds is 5. The molecule has 1 aliphatic heterocycles. The van der Waals surface area contributed by atoms with Crippen LogP contribution in [-0.4, -0.2) is 51.1 Å². The maximum Gasteiger partial charge on any atom is 0.302 e. The normalized spacial score (nSPS) is 24.2. The highest BCUT2D eigenvalue weighted by Gasteiger charge is 2.34. The average molecular weight is 335 g/mol. The zero-order valence-electron chi connectivity index (χ0n) is 13.8. The van der Waals surface area contributed by atoms with Crippen LogP contribution < -0.4 is 5.73 Å². The molecule has 0 amide bonds. The fourth-order valence-electron chi connectivity index (χ4n) is 2.51. The van der Waals surface area contributed by atoms with Crippen molar-refractivity contribution in [1.29, 1.82) is 0 Å². The lowest BCUT2D eigenvalue weighted by molar-refractivity contribution is -0.289. The van der Waals surface area contributed by atoms with Crippen molar-refractivity contribution in [2.45, 2.75) is 32.6 Å². The fraction of sp³-hybridized carbons (Fsp3) is 0.600. The molecule has 0 saturated carbocycles. The number of imidazole rings is 1.